The van der Waals surface area contributed by atoms with E-state index in [0.29, 0.717) is 9.90 Å². The highest BCUT2D eigenvalue weighted by atomic mass is 35.5. The second-order valence-corrected chi connectivity index (χ2v) is 5.87. The molecule has 0 aliphatic rings. The lowest BCUT2D eigenvalue weighted by atomic mass is 10.2. The van der Waals surface area contributed by atoms with Crippen LogP contribution >= 0.6 is 22.9 Å². The maximum atomic E-state index is 12.0. The van der Waals surface area contributed by atoms with Gasteiger partial charge in [0.2, 0.25) is 0 Å². The fourth-order valence-electron chi connectivity index (χ4n) is 1.88. The summed E-state index contributed by atoms with van der Waals surface area (Å²) < 4.78 is 6.40. The van der Waals surface area contributed by atoms with Crippen LogP contribution < -0.4 is 0 Å². The van der Waals surface area contributed by atoms with Crippen molar-refractivity contribution in [2.75, 3.05) is 0 Å². The van der Waals surface area contributed by atoms with Crippen LogP contribution in [0.15, 0.2) is 54.6 Å². The summed E-state index contributed by atoms with van der Waals surface area (Å²) in [6, 6.07) is 17.0. The van der Waals surface area contributed by atoms with Crippen molar-refractivity contribution in [2.45, 2.75) is 6.61 Å². The van der Waals surface area contributed by atoms with Gasteiger partial charge < -0.3 is 4.74 Å². The normalized spacial score (nSPS) is 10.7. The molecule has 20 heavy (non-hydrogen) atoms. The number of carbonyl (C=O) groups excluding carboxylic acids is 1. The second-order valence-electron chi connectivity index (χ2n) is 4.35. The van der Waals surface area contributed by atoms with Crippen molar-refractivity contribution in [3.05, 3.63) is 70.1 Å². The third-order valence-electron chi connectivity index (χ3n) is 2.91. The fraction of sp³-hybridized carbons (Fsp3) is 0.0625. The molecule has 0 unspecified atom stereocenters. The largest absolute Gasteiger partial charge is 0.457 e. The number of rotatable bonds is 3. The quantitative estimate of drug-likeness (QED) is 0.642. The maximum absolute atomic E-state index is 12.0. The summed E-state index contributed by atoms with van der Waals surface area (Å²) in [7, 11) is 0. The van der Waals surface area contributed by atoms with Crippen molar-refractivity contribution in [3.8, 4) is 0 Å². The number of halogens is 1. The van der Waals surface area contributed by atoms with E-state index < -0.39 is 0 Å². The van der Waals surface area contributed by atoms with E-state index in [4.69, 9.17) is 16.3 Å². The number of fused-ring (bicyclic) bond motifs is 1. The molecule has 0 atom stereocenters. The molecule has 0 spiro atoms. The topological polar surface area (TPSA) is 26.3 Å². The molecular formula is C16H11ClO2S. The third kappa shape index (κ3) is 2.84. The molecule has 2 aromatic carbocycles. The first-order chi connectivity index (χ1) is 9.72. The van der Waals surface area contributed by atoms with Crippen molar-refractivity contribution in [1.29, 1.82) is 0 Å². The number of hydrogen-bond acceptors (Lipinski definition) is 3. The van der Waals surface area contributed by atoms with Gasteiger partial charge in [-0.15, -0.1) is 11.3 Å². The van der Waals surface area contributed by atoms with Gasteiger partial charge in [0.15, 0.2) is 0 Å². The van der Waals surface area contributed by atoms with Gasteiger partial charge in [0.1, 0.15) is 11.5 Å². The molecule has 0 amide bonds. The van der Waals surface area contributed by atoms with Gasteiger partial charge in [0, 0.05) is 9.72 Å². The fourth-order valence-corrected chi connectivity index (χ4v) is 2.97. The minimum Gasteiger partial charge on any atom is -0.457 e. The minimum atomic E-state index is -0.291. The molecule has 0 N–H and O–H groups in total. The Labute approximate surface area is 125 Å². The Morgan fingerprint density at radius 3 is 2.60 bits per heavy atom. The van der Waals surface area contributed by atoms with Crippen LogP contribution in [0.5, 0.6) is 0 Å². The number of hydrogen-bond donors (Lipinski definition) is 0. The van der Waals surface area contributed by atoms with Gasteiger partial charge in [-0.05, 0) is 35.2 Å². The molecule has 0 saturated heterocycles. The SMILES string of the molecule is O=C(OCc1ccc(Cl)cc1)c1cc2ccccc2s1. The summed E-state index contributed by atoms with van der Waals surface area (Å²) in [6.07, 6.45) is 0. The Bertz CT molecular complexity index is 714. The molecule has 0 aliphatic heterocycles. The lowest BCUT2D eigenvalue weighted by Gasteiger charge is -2.03. The molecule has 1 aromatic heterocycles. The van der Waals surface area contributed by atoms with Crippen molar-refractivity contribution >= 4 is 39.0 Å². The van der Waals surface area contributed by atoms with Gasteiger partial charge in [-0.2, -0.15) is 0 Å². The van der Waals surface area contributed by atoms with Crippen LogP contribution in [0, 0.1) is 0 Å². The van der Waals surface area contributed by atoms with Crippen LogP contribution in [-0.2, 0) is 11.3 Å². The van der Waals surface area contributed by atoms with E-state index in [1.165, 1.54) is 11.3 Å². The Morgan fingerprint density at radius 2 is 1.85 bits per heavy atom. The number of carbonyl (C=O) groups is 1. The van der Waals surface area contributed by atoms with E-state index in [2.05, 4.69) is 0 Å². The van der Waals surface area contributed by atoms with Gasteiger partial charge >= 0.3 is 5.97 Å². The predicted octanol–water partition coefficient (Wildman–Crippen LogP) is 4.91. The van der Waals surface area contributed by atoms with E-state index in [0.717, 1.165) is 15.6 Å². The molecular weight excluding hydrogens is 292 g/mol. The number of thiophene rings is 1. The highest BCUT2D eigenvalue weighted by Gasteiger charge is 2.11. The van der Waals surface area contributed by atoms with E-state index in [1.807, 2.05) is 42.5 Å². The predicted molar refractivity (Wildman–Crippen MR) is 82.4 cm³/mol. The first-order valence-electron chi connectivity index (χ1n) is 6.12. The van der Waals surface area contributed by atoms with Crippen LogP contribution in [0.25, 0.3) is 10.1 Å². The Kier molecular flexibility index (Phi) is 3.72. The Hall–Kier alpha value is -1.84. The van der Waals surface area contributed by atoms with Crippen LogP contribution in [-0.4, -0.2) is 5.97 Å². The first kappa shape index (κ1) is 13.2. The number of ether oxygens (including phenoxy) is 1. The average Bonchev–Trinajstić information content (AvgIpc) is 2.90. The summed E-state index contributed by atoms with van der Waals surface area (Å²) >= 11 is 7.26. The molecule has 0 radical (unpaired) electrons. The summed E-state index contributed by atoms with van der Waals surface area (Å²) in [4.78, 5) is 12.6. The van der Waals surface area contributed by atoms with Crippen molar-refractivity contribution in [3.63, 3.8) is 0 Å². The van der Waals surface area contributed by atoms with E-state index in [-0.39, 0.29) is 12.6 Å². The average molecular weight is 303 g/mol. The highest BCUT2D eigenvalue weighted by molar-refractivity contribution is 7.20. The molecule has 3 rings (SSSR count). The van der Waals surface area contributed by atoms with E-state index in [1.54, 1.807) is 12.1 Å². The summed E-state index contributed by atoms with van der Waals surface area (Å²) in [5.41, 5.74) is 0.920. The number of benzene rings is 2. The van der Waals surface area contributed by atoms with Crippen molar-refractivity contribution in [2.24, 2.45) is 0 Å². The van der Waals surface area contributed by atoms with E-state index in [9.17, 15) is 4.79 Å². The molecule has 4 heteroatoms. The van der Waals surface area contributed by atoms with Gasteiger partial charge in [0.25, 0.3) is 0 Å². The van der Waals surface area contributed by atoms with Crippen molar-refractivity contribution in [1.82, 2.24) is 0 Å². The van der Waals surface area contributed by atoms with Gasteiger partial charge in [0.05, 0.1) is 0 Å². The smallest absolute Gasteiger partial charge is 0.348 e. The lowest BCUT2D eigenvalue weighted by Crippen LogP contribution is -2.02. The first-order valence-corrected chi connectivity index (χ1v) is 7.32. The number of esters is 1. The zero-order valence-electron chi connectivity index (χ0n) is 10.5. The molecule has 3 aromatic rings. The van der Waals surface area contributed by atoms with Crippen LogP contribution in [0.3, 0.4) is 0 Å². The molecule has 0 aliphatic carbocycles. The molecule has 0 bridgehead atoms. The molecule has 2 nitrogen and oxygen atoms in total. The third-order valence-corrected chi connectivity index (χ3v) is 4.26. The lowest BCUT2D eigenvalue weighted by molar-refractivity contribution is 0.0478. The summed E-state index contributed by atoms with van der Waals surface area (Å²) in [5.74, 6) is -0.291. The monoisotopic (exact) mass is 302 g/mol. The molecule has 100 valence electrons. The summed E-state index contributed by atoms with van der Waals surface area (Å²) in [6.45, 7) is 0.254. The minimum absolute atomic E-state index is 0.254. The van der Waals surface area contributed by atoms with Gasteiger partial charge in [-0.1, -0.05) is 41.9 Å². The highest BCUT2D eigenvalue weighted by Crippen LogP contribution is 2.26. The Balaban J connectivity index is 1.71. The maximum Gasteiger partial charge on any atom is 0.348 e. The summed E-state index contributed by atoms with van der Waals surface area (Å²) in [5, 5.41) is 1.74. The van der Waals surface area contributed by atoms with Crippen LogP contribution in [0.2, 0.25) is 5.02 Å². The van der Waals surface area contributed by atoms with Gasteiger partial charge in [-0.3, -0.25) is 0 Å². The van der Waals surface area contributed by atoms with Crippen LogP contribution in [0.4, 0.5) is 0 Å². The second kappa shape index (κ2) is 5.65. The van der Waals surface area contributed by atoms with E-state index >= 15 is 0 Å². The van der Waals surface area contributed by atoms with Crippen LogP contribution in [0.1, 0.15) is 15.2 Å². The zero-order chi connectivity index (χ0) is 13.9. The molecule has 0 saturated carbocycles. The Morgan fingerprint density at radius 1 is 1.10 bits per heavy atom. The van der Waals surface area contributed by atoms with Crippen molar-refractivity contribution < 1.29 is 9.53 Å². The standard InChI is InChI=1S/C16H11ClO2S/c17-13-7-5-11(6-8-13)10-19-16(18)15-9-12-3-1-2-4-14(12)20-15/h1-9H,10H2. The van der Waals surface area contributed by atoms with Gasteiger partial charge in [-0.25, -0.2) is 4.79 Å². The molecule has 1 heterocycles. The molecule has 0 fully saturated rings. The zero-order valence-corrected chi connectivity index (χ0v) is 12.1.